The molecule has 10 heteroatoms. The lowest BCUT2D eigenvalue weighted by atomic mass is 10.1. The van der Waals surface area contributed by atoms with Gasteiger partial charge in [0.05, 0.1) is 11.9 Å². The van der Waals surface area contributed by atoms with Crippen molar-refractivity contribution in [1.29, 1.82) is 0 Å². The van der Waals surface area contributed by atoms with E-state index < -0.39 is 21.6 Å². The topological polar surface area (TPSA) is 86.8 Å². The van der Waals surface area contributed by atoms with E-state index in [1.807, 2.05) is 52.0 Å². The number of amides is 2. The molecule has 0 aliphatic carbocycles. The van der Waals surface area contributed by atoms with Crippen LogP contribution in [0.1, 0.15) is 51.7 Å². The van der Waals surface area contributed by atoms with Gasteiger partial charge in [0, 0.05) is 34.5 Å². The Balaban J connectivity index is 2.22. The highest BCUT2D eigenvalue weighted by Crippen LogP contribution is 2.27. The Hall–Kier alpha value is -2.10. The second-order valence-corrected chi connectivity index (χ2v) is 13.2. The number of hydrogen-bond acceptors (Lipinski definition) is 4. The summed E-state index contributed by atoms with van der Waals surface area (Å²) in [5, 5.41) is 3.37. The molecule has 36 heavy (non-hydrogen) atoms. The van der Waals surface area contributed by atoms with Crippen LogP contribution in [0.3, 0.4) is 0 Å². The van der Waals surface area contributed by atoms with E-state index in [-0.39, 0.29) is 37.7 Å². The quantitative estimate of drug-likeness (QED) is 0.402. The molecule has 0 aliphatic heterocycles. The molecule has 1 atom stereocenters. The van der Waals surface area contributed by atoms with E-state index in [1.54, 1.807) is 30.0 Å². The largest absolute Gasteiger partial charge is 0.350 e. The Morgan fingerprint density at radius 1 is 1.11 bits per heavy atom. The first-order valence-electron chi connectivity index (χ1n) is 11.7. The molecule has 0 spiro atoms. The number of aryl methyl sites for hydroxylation is 1. The molecule has 0 saturated heterocycles. The molecule has 198 valence electrons. The normalized spacial score (nSPS) is 12.7. The average molecular weight is 601 g/mol. The minimum atomic E-state index is -3.60. The van der Waals surface area contributed by atoms with E-state index in [4.69, 9.17) is 11.6 Å². The lowest BCUT2D eigenvalue weighted by Crippen LogP contribution is -2.52. The highest BCUT2D eigenvalue weighted by Gasteiger charge is 2.28. The van der Waals surface area contributed by atoms with Crippen LogP contribution in [0.2, 0.25) is 5.02 Å². The fourth-order valence-electron chi connectivity index (χ4n) is 3.68. The van der Waals surface area contributed by atoms with Gasteiger partial charge in [-0.05, 0) is 76.4 Å². The zero-order valence-corrected chi connectivity index (χ0v) is 24.8. The van der Waals surface area contributed by atoms with E-state index in [1.165, 1.54) is 4.31 Å². The van der Waals surface area contributed by atoms with E-state index in [2.05, 4.69) is 21.2 Å². The van der Waals surface area contributed by atoms with Gasteiger partial charge in [0.2, 0.25) is 21.8 Å². The Kier molecular flexibility index (Phi) is 10.4. The second-order valence-electron chi connectivity index (χ2n) is 9.93. The van der Waals surface area contributed by atoms with Crippen LogP contribution < -0.4 is 9.62 Å². The molecule has 0 heterocycles. The molecular formula is C26H35BrClN3O4S. The number of halogens is 2. The van der Waals surface area contributed by atoms with Crippen LogP contribution in [0, 0.1) is 6.92 Å². The Morgan fingerprint density at radius 2 is 1.72 bits per heavy atom. The van der Waals surface area contributed by atoms with E-state index in [0.29, 0.717) is 10.7 Å². The van der Waals surface area contributed by atoms with Gasteiger partial charge < -0.3 is 10.2 Å². The summed E-state index contributed by atoms with van der Waals surface area (Å²) in [7, 11) is -3.60. The summed E-state index contributed by atoms with van der Waals surface area (Å²) in [5.41, 5.74) is 1.69. The summed E-state index contributed by atoms with van der Waals surface area (Å²) < 4.78 is 27.3. The number of hydrogen-bond donors (Lipinski definition) is 1. The first kappa shape index (κ1) is 30.1. The zero-order chi connectivity index (χ0) is 27.3. The summed E-state index contributed by atoms with van der Waals surface area (Å²) in [6, 6.07) is 11.9. The third kappa shape index (κ3) is 9.09. The maximum absolute atomic E-state index is 13.4. The molecule has 2 aromatic rings. The molecule has 7 nitrogen and oxygen atoms in total. The van der Waals surface area contributed by atoms with Gasteiger partial charge in [0.15, 0.2) is 0 Å². The van der Waals surface area contributed by atoms with Crippen LogP contribution in [-0.2, 0) is 26.2 Å². The van der Waals surface area contributed by atoms with Crippen molar-refractivity contribution in [1.82, 2.24) is 10.2 Å². The molecule has 0 radical (unpaired) electrons. The molecule has 1 N–H and O–H groups in total. The first-order valence-corrected chi connectivity index (χ1v) is 14.7. The minimum Gasteiger partial charge on any atom is -0.350 e. The number of carbonyl (C=O) groups is 2. The average Bonchev–Trinajstić information content (AvgIpc) is 2.75. The van der Waals surface area contributed by atoms with Crippen molar-refractivity contribution < 1.29 is 18.0 Å². The molecule has 0 aliphatic rings. The summed E-state index contributed by atoms with van der Waals surface area (Å²) in [6.07, 6.45) is 1.49. The molecule has 2 rings (SSSR count). The van der Waals surface area contributed by atoms with Gasteiger partial charge in [-0.25, -0.2) is 8.42 Å². The van der Waals surface area contributed by atoms with Crippen molar-refractivity contribution in [3.63, 3.8) is 0 Å². The number of anilines is 1. The number of carbonyl (C=O) groups excluding carboxylic acids is 2. The van der Waals surface area contributed by atoms with Crippen LogP contribution >= 0.6 is 27.5 Å². The van der Waals surface area contributed by atoms with Crippen molar-refractivity contribution in [2.75, 3.05) is 17.1 Å². The van der Waals surface area contributed by atoms with E-state index in [9.17, 15) is 18.0 Å². The van der Waals surface area contributed by atoms with Crippen molar-refractivity contribution in [3.8, 4) is 0 Å². The standard InChI is InChI=1S/C26H35BrClN3O4S/c1-18-9-14-22(28)16-23(18)31(36(6,34)35)15-7-8-24(32)30(17-20-10-12-21(27)13-11-20)19(2)25(33)29-26(3,4)5/h9-14,16,19H,7-8,15,17H2,1-6H3,(H,29,33)/t19-/m0/s1. The molecule has 0 bridgehead atoms. The summed E-state index contributed by atoms with van der Waals surface area (Å²) in [6.45, 7) is 9.54. The Morgan fingerprint density at radius 3 is 2.28 bits per heavy atom. The van der Waals surface area contributed by atoms with Gasteiger partial charge >= 0.3 is 0 Å². The summed E-state index contributed by atoms with van der Waals surface area (Å²) >= 11 is 9.52. The summed E-state index contributed by atoms with van der Waals surface area (Å²) in [4.78, 5) is 27.8. The third-order valence-corrected chi connectivity index (χ3v) is 7.47. The van der Waals surface area contributed by atoms with Crippen molar-refractivity contribution >= 4 is 55.1 Å². The van der Waals surface area contributed by atoms with Crippen molar-refractivity contribution in [3.05, 3.63) is 63.1 Å². The third-order valence-electron chi connectivity index (χ3n) is 5.52. The molecule has 2 amide bonds. The smallest absolute Gasteiger partial charge is 0.242 e. The molecule has 0 unspecified atom stereocenters. The summed E-state index contributed by atoms with van der Waals surface area (Å²) in [5.74, 6) is -0.481. The number of nitrogens with one attached hydrogen (secondary N) is 1. The number of rotatable bonds is 10. The van der Waals surface area contributed by atoms with Crippen molar-refractivity contribution in [2.45, 2.75) is 65.6 Å². The highest BCUT2D eigenvalue weighted by molar-refractivity contribution is 9.10. The van der Waals surface area contributed by atoms with Crippen molar-refractivity contribution in [2.24, 2.45) is 0 Å². The van der Waals surface area contributed by atoms with Gasteiger partial charge in [-0.1, -0.05) is 45.7 Å². The fraction of sp³-hybridized carbons (Fsp3) is 0.462. The maximum atomic E-state index is 13.4. The SMILES string of the molecule is Cc1ccc(Cl)cc1N(CCCC(=O)N(Cc1ccc(Br)cc1)[C@@H](C)C(=O)NC(C)(C)C)S(C)(=O)=O. The van der Waals surface area contributed by atoms with Gasteiger partial charge in [0.25, 0.3) is 0 Å². The highest BCUT2D eigenvalue weighted by atomic mass is 79.9. The molecule has 0 fully saturated rings. The number of benzene rings is 2. The van der Waals surface area contributed by atoms with Gasteiger partial charge in [0.1, 0.15) is 6.04 Å². The first-order chi connectivity index (χ1) is 16.6. The fourth-order valence-corrected chi connectivity index (χ4v) is 5.12. The predicted octanol–water partition coefficient (Wildman–Crippen LogP) is 5.29. The molecule has 0 aromatic heterocycles. The van der Waals surface area contributed by atoms with Gasteiger partial charge in [-0.2, -0.15) is 0 Å². The van der Waals surface area contributed by atoms with Crippen LogP contribution in [0.4, 0.5) is 5.69 Å². The lowest BCUT2D eigenvalue weighted by molar-refractivity contribution is -0.141. The lowest BCUT2D eigenvalue weighted by Gasteiger charge is -2.32. The molecule has 0 saturated carbocycles. The van der Waals surface area contributed by atoms with E-state index >= 15 is 0 Å². The zero-order valence-electron chi connectivity index (χ0n) is 21.6. The van der Waals surface area contributed by atoms with Gasteiger partial charge in [-0.15, -0.1) is 0 Å². The van der Waals surface area contributed by atoms with E-state index in [0.717, 1.165) is 21.9 Å². The Labute approximate surface area is 228 Å². The Bertz CT molecular complexity index is 1180. The van der Waals surface area contributed by atoms with Crippen LogP contribution in [0.25, 0.3) is 0 Å². The maximum Gasteiger partial charge on any atom is 0.242 e. The second kappa shape index (κ2) is 12.4. The van der Waals surface area contributed by atoms with Crippen LogP contribution in [0.5, 0.6) is 0 Å². The van der Waals surface area contributed by atoms with Gasteiger partial charge in [-0.3, -0.25) is 13.9 Å². The number of sulfonamides is 1. The molecule has 2 aromatic carbocycles. The predicted molar refractivity (Wildman–Crippen MR) is 150 cm³/mol. The van der Waals surface area contributed by atoms with Crippen LogP contribution in [0.15, 0.2) is 46.9 Å². The number of nitrogens with zero attached hydrogens (tertiary/aromatic N) is 2. The monoisotopic (exact) mass is 599 g/mol. The van der Waals surface area contributed by atoms with Crippen LogP contribution in [-0.4, -0.2) is 49.5 Å². The minimum absolute atomic E-state index is 0.0787. The molecular weight excluding hydrogens is 566 g/mol.